The van der Waals surface area contributed by atoms with Gasteiger partial charge in [-0.2, -0.15) is 0 Å². The summed E-state index contributed by atoms with van der Waals surface area (Å²) >= 11 is 0. The van der Waals surface area contributed by atoms with Gasteiger partial charge in [0.15, 0.2) is 5.58 Å². The summed E-state index contributed by atoms with van der Waals surface area (Å²) in [5.74, 6) is 0.614. The molecule has 0 unspecified atom stereocenters. The molecule has 5 nitrogen and oxygen atoms in total. The van der Waals surface area contributed by atoms with E-state index in [4.69, 9.17) is 14.4 Å². The molecule has 0 aliphatic carbocycles. The molecule has 0 radical (unpaired) electrons. The first-order chi connectivity index (χ1) is 24.8. The third-order valence-corrected chi connectivity index (χ3v) is 8.92. The van der Waals surface area contributed by atoms with E-state index in [0.29, 0.717) is 5.89 Å². The van der Waals surface area contributed by atoms with E-state index in [1.807, 2.05) is 72.8 Å². The summed E-state index contributed by atoms with van der Waals surface area (Å²) in [5, 5.41) is 0. The van der Waals surface area contributed by atoms with E-state index in [1.54, 1.807) is 0 Å². The monoisotopic (exact) mass is 642 g/mol. The van der Waals surface area contributed by atoms with Crippen LogP contribution >= 0.6 is 0 Å². The van der Waals surface area contributed by atoms with Crippen molar-refractivity contribution in [2.24, 2.45) is 0 Å². The van der Waals surface area contributed by atoms with Crippen LogP contribution in [-0.2, 0) is 0 Å². The summed E-state index contributed by atoms with van der Waals surface area (Å²) in [7, 11) is 0. The Balaban J connectivity index is 1.03. The standard InChI is InChI=1S/C45H30N4O/c1-3-11-33(12-4-1)43-44(47-40-16-8-7-15-39(40)46-43)34-21-19-31(20-22-34)32-23-27-37(28-24-32)49(36-13-5-2-6-14-36)38-29-25-35(26-30-38)45-48-41-17-9-10-18-42(41)50-45/h1-30H. The lowest BCUT2D eigenvalue weighted by atomic mass is 9.99. The smallest absolute Gasteiger partial charge is 0.227 e. The van der Waals surface area contributed by atoms with Crippen LogP contribution in [0.1, 0.15) is 0 Å². The molecule has 0 atom stereocenters. The van der Waals surface area contributed by atoms with Crippen LogP contribution in [0.25, 0.3) is 67.2 Å². The first-order valence-electron chi connectivity index (χ1n) is 16.6. The maximum atomic E-state index is 6.02. The highest BCUT2D eigenvalue weighted by Crippen LogP contribution is 2.37. The van der Waals surface area contributed by atoms with E-state index in [2.05, 4.69) is 119 Å². The van der Waals surface area contributed by atoms with Gasteiger partial charge in [-0.15, -0.1) is 0 Å². The van der Waals surface area contributed by atoms with Crippen LogP contribution in [0.15, 0.2) is 186 Å². The third kappa shape index (κ3) is 5.57. The molecule has 0 amide bonds. The fourth-order valence-electron chi connectivity index (χ4n) is 6.40. The second-order valence-electron chi connectivity index (χ2n) is 12.1. The molecule has 0 fully saturated rings. The van der Waals surface area contributed by atoms with Gasteiger partial charge in [0.2, 0.25) is 5.89 Å². The lowest BCUT2D eigenvalue weighted by Gasteiger charge is -2.25. The van der Waals surface area contributed by atoms with Gasteiger partial charge in [-0.05, 0) is 83.9 Å². The topological polar surface area (TPSA) is 55.1 Å². The van der Waals surface area contributed by atoms with Crippen molar-refractivity contribution in [3.8, 4) is 45.1 Å². The Morgan fingerprint density at radius 2 is 0.740 bits per heavy atom. The Morgan fingerprint density at radius 1 is 0.320 bits per heavy atom. The van der Waals surface area contributed by atoms with Crippen molar-refractivity contribution < 1.29 is 4.42 Å². The molecule has 7 aromatic carbocycles. The molecule has 0 bridgehead atoms. The molecule has 0 N–H and O–H groups in total. The number of rotatable bonds is 7. The predicted molar refractivity (Wildman–Crippen MR) is 204 cm³/mol. The zero-order chi connectivity index (χ0) is 33.3. The molecular weight excluding hydrogens is 613 g/mol. The minimum absolute atomic E-state index is 0.614. The van der Waals surface area contributed by atoms with Crippen molar-refractivity contribution >= 4 is 39.2 Å². The average molecular weight is 643 g/mol. The highest BCUT2D eigenvalue weighted by molar-refractivity contribution is 5.87. The van der Waals surface area contributed by atoms with Crippen LogP contribution in [0.5, 0.6) is 0 Å². The predicted octanol–water partition coefficient (Wildman–Crippen LogP) is 11.9. The first kappa shape index (κ1) is 29.3. The molecule has 0 aliphatic rings. The van der Waals surface area contributed by atoms with Gasteiger partial charge in [0, 0.05) is 33.8 Å². The molecule has 50 heavy (non-hydrogen) atoms. The summed E-state index contributed by atoms with van der Waals surface area (Å²) in [6.07, 6.45) is 0. The van der Waals surface area contributed by atoms with Gasteiger partial charge in [0.25, 0.3) is 0 Å². The van der Waals surface area contributed by atoms with Gasteiger partial charge < -0.3 is 9.32 Å². The summed E-state index contributed by atoms with van der Waals surface area (Å²) in [5.41, 5.74) is 13.6. The van der Waals surface area contributed by atoms with Crippen molar-refractivity contribution in [1.82, 2.24) is 15.0 Å². The van der Waals surface area contributed by atoms with E-state index in [1.165, 1.54) is 0 Å². The van der Waals surface area contributed by atoms with Crippen molar-refractivity contribution in [2.75, 3.05) is 4.90 Å². The Labute approximate surface area is 289 Å². The van der Waals surface area contributed by atoms with Crippen LogP contribution < -0.4 is 4.90 Å². The third-order valence-electron chi connectivity index (χ3n) is 8.92. The number of benzene rings is 7. The van der Waals surface area contributed by atoms with Gasteiger partial charge in [-0.3, -0.25) is 0 Å². The molecule has 2 aromatic heterocycles. The number of nitrogens with zero attached hydrogens (tertiary/aromatic N) is 4. The summed E-state index contributed by atoms with van der Waals surface area (Å²) in [4.78, 5) is 17.0. The Kier molecular flexibility index (Phi) is 7.41. The molecule has 9 rings (SSSR count). The SMILES string of the molecule is c1ccc(-c2nc3ccccc3nc2-c2ccc(-c3ccc(N(c4ccccc4)c4ccc(-c5nc6ccccc6o5)cc4)cc3)cc2)cc1. The fraction of sp³-hybridized carbons (Fsp3) is 0. The van der Waals surface area contributed by atoms with E-state index >= 15 is 0 Å². The van der Waals surface area contributed by atoms with Gasteiger partial charge in [-0.25, -0.2) is 15.0 Å². The first-order valence-corrected chi connectivity index (χ1v) is 16.6. The van der Waals surface area contributed by atoms with Crippen molar-refractivity contribution in [3.63, 3.8) is 0 Å². The Bertz CT molecular complexity index is 2530. The van der Waals surface area contributed by atoms with Crippen LogP contribution in [-0.4, -0.2) is 15.0 Å². The van der Waals surface area contributed by atoms with Crippen LogP contribution in [0.4, 0.5) is 17.1 Å². The van der Waals surface area contributed by atoms with Crippen molar-refractivity contribution in [2.45, 2.75) is 0 Å². The number of oxazole rings is 1. The number of para-hydroxylation sites is 5. The van der Waals surface area contributed by atoms with E-state index in [9.17, 15) is 0 Å². The second kappa shape index (κ2) is 12.6. The Morgan fingerprint density at radius 3 is 1.32 bits per heavy atom. The number of hydrogen-bond acceptors (Lipinski definition) is 5. The zero-order valence-electron chi connectivity index (χ0n) is 27.0. The number of aromatic nitrogens is 3. The maximum absolute atomic E-state index is 6.02. The van der Waals surface area contributed by atoms with E-state index < -0.39 is 0 Å². The highest BCUT2D eigenvalue weighted by Gasteiger charge is 2.16. The maximum Gasteiger partial charge on any atom is 0.227 e. The van der Waals surface area contributed by atoms with Crippen LogP contribution in [0.3, 0.4) is 0 Å². The number of anilines is 3. The lowest BCUT2D eigenvalue weighted by Crippen LogP contribution is -2.09. The fourth-order valence-corrected chi connectivity index (χ4v) is 6.40. The molecule has 0 saturated heterocycles. The van der Waals surface area contributed by atoms with Crippen molar-refractivity contribution in [1.29, 1.82) is 0 Å². The molecule has 0 aliphatic heterocycles. The van der Waals surface area contributed by atoms with Crippen LogP contribution in [0.2, 0.25) is 0 Å². The lowest BCUT2D eigenvalue weighted by molar-refractivity contribution is 0.620. The molecule has 0 saturated carbocycles. The van der Waals surface area contributed by atoms with Crippen LogP contribution in [0, 0.1) is 0 Å². The largest absolute Gasteiger partial charge is 0.436 e. The number of hydrogen-bond donors (Lipinski definition) is 0. The quantitative estimate of drug-likeness (QED) is 0.173. The molecule has 236 valence electrons. The minimum atomic E-state index is 0.614. The summed E-state index contributed by atoms with van der Waals surface area (Å²) in [6, 6.07) is 62.2. The second-order valence-corrected chi connectivity index (χ2v) is 12.1. The molecule has 0 spiro atoms. The number of fused-ring (bicyclic) bond motifs is 2. The Hall–Kier alpha value is -6.85. The van der Waals surface area contributed by atoms with Crippen molar-refractivity contribution in [3.05, 3.63) is 182 Å². The van der Waals surface area contributed by atoms with E-state index in [0.717, 1.165) is 78.4 Å². The average Bonchev–Trinajstić information content (AvgIpc) is 3.64. The molecule has 5 heteroatoms. The van der Waals surface area contributed by atoms with E-state index in [-0.39, 0.29) is 0 Å². The summed E-state index contributed by atoms with van der Waals surface area (Å²) < 4.78 is 6.02. The minimum Gasteiger partial charge on any atom is -0.436 e. The molecular formula is C45H30N4O. The van der Waals surface area contributed by atoms with Gasteiger partial charge in [-0.1, -0.05) is 109 Å². The zero-order valence-corrected chi connectivity index (χ0v) is 27.0. The van der Waals surface area contributed by atoms with Gasteiger partial charge in [0.05, 0.1) is 22.4 Å². The normalized spacial score (nSPS) is 11.2. The van der Waals surface area contributed by atoms with Gasteiger partial charge >= 0.3 is 0 Å². The highest BCUT2D eigenvalue weighted by atomic mass is 16.3. The molecule has 2 heterocycles. The van der Waals surface area contributed by atoms with Gasteiger partial charge in [0.1, 0.15) is 5.52 Å². The summed E-state index contributed by atoms with van der Waals surface area (Å²) in [6.45, 7) is 0. The molecule has 9 aromatic rings.